The number of rotatable bonds is 2. The molecule has 92 valence electrons. The number of likely N-dealkylation sites (tertiary alicyclic amines) is 1. The molecular weight excluding hydrogens is 220 g/mol. The molecule has 2 rings (SSSR count). The molecule has 2 N–H and O–H groups in total. The Labute approximate surface area is 99.4 Å². The van der Waals surface area contributed by atoms with E-state index in [-0.39, 0.29) is 17.7 Å². The average Bonchev–Trinajstić information content (AvgIpc) is 2.74. The van der Waals surface area contributed by atoms with Gasteiger partial charge in [-0.15, -0.1) is 0 Å². The third-order valence-corrected chi connectivity index (χ3v) is 3.20. The molecule has 1 aliphatic heterocycles. The number of piperidine rings is 1. The van der Waals surface area contributed by atoms with E-state index < -0.39 is 0 Å². The van der Waals surface area contributed by atoms with Crippen LogP contribution in [0.2, 0.25) is 0 Å². The highest BCUT2D eigenvalue weighted by Crippen LogP contribution is 2.18. The van der Waals surface area contributed by atoms with Gasteiger partial charge >= 0.3 is 0 Å². The first-order chi connectivity index (χ1) is 8.09. The summed E-state index contributed by atoms with van der Waals surface area (Å²) in [7, 11) is 1.79. The Bertz CT molecular complexity index is 432. The topological polar surface area (TPSA) is 81.2 Å². The summed E-state index contributed by atoms with van der Waals surface area (Å²) in [6, 6.07) is 0. The predicted molar refractivity (Wildman–Crippen MR) is 61.0 cm³/mol. The maximum atomic E-state index is 12.1. The fourth-order valence-corrected chi connectivity index (χ4v) is 2.08. The summed E-state index contributed by atoms with van der Waals surface area (Å²) < 4.78 is 1.70. The quantitative estimate of drug-likeness (QED) is 0.769. The molecule has 0 radical (unpaired) electrons. The zero-order chi connectivity index (χ0) is 12.4. The smallest absolute Gasteiger partial charge is 0.289 e. The lowest BCUT2D eigenvalue weighted by Crippen LogP contribution is -2.42. The van der Waals surface area contributed by atoms with Crippen molar-refractivity contribution >= 4 is 11.8 Å². The van der Waals surface area contributed by atoms with Gasteiger partial charge in [-0.3, -0.25) is 9.59 Å². The molecule has 6 heteroatoms. The summed E-state index contributed by atoms with van der Waals surface area (Å²) in [5.74, 6) is -0.0162. The Kier molecular flexibility index (Phi) is 3.12. The molecular formula is C11H16N4O2. The third kappa shape index (κ3) is 2.30. The van der Waals surface area contributed by atoms with Crippen molar-refractivity contribution in [2.75, 3.05) is 13.1 Å². The molecule has 0 unspecified atom stereocenters. The van der Waals surface area contributed by atoms with Crippen LogP contribution >= 0.6 is 0 Å². The maximum Gasteiger partial charge on any atom is 0.289 e. The standard InChI is InChI=1S/C11H16N4O2/c1-14-7-4-13-10(14)11(17)15-5-2-8(3-6-15)9(12)16/h4,7-8H,2-3,5-6H2,1H3,(H2,12,16). The summed E-state index contributed by atoms with van der Waals surface area (Å²) in [5.41, 5.74) is 5.25. The third-order valence-electron chi connectivity index (χ3n) is 3.20. The van der Waals surface area contributed by atoms with E-state index in [1.807, 2.05) is 0 Å². The zero-order valence-electron chi connectivity index (χ0n) is 9.80. The highest BCUT2D eigenvalue weighted by atomic mass is 16.2. The Morgan fingerprint density at radius 2 is 2.06 bits per heavy atom. The molecule has 1 aromatic rings. The lowest BCUT2D eigenvalue weighted by Gasteiger charge is -2.30. The van der Waals surface area contributed by atoms with Gasteiger partial charge in [0.2, 0.25) is 5.91 Å². The molecule has 0 saturated carbocycles. The van der Waals surface area contributed by atoms with Crippen molar-refractivity contribution in [3.05, 3.63) is 18.2 Å². The molecule has 1 aromatic heterocycles. The van der Waals surface area contributed by atoms with Crippen LogP contribution in [0.5, 0.6) is 0 Å². The summed E-state index contributed by atoms with van der Waals surface area (Å²) >= 11 is 0. The minimum atomic E-state index is -0.269. The Morgan fingerprint density at radius 3 is 2.53 bits per heavy atom. The minimum absolute atomic E-state index is 0.0829. The predicted octanol–water partition coefficient (Wildman–Crippen LogP) is -0.242. The van der Waals surface area contributed by atoms with Crippen molar-refractivity contribution in [1.29, 1.82) is 0 Å². The van der Waals surface area contributed by atoms with E-state index in [2.05, 4.69) is 4.98 Å². The second-order valence-electron chi connectivity index (χ2n) is 4.33. The van der Waals surface area contributed by atoms with Crippen molar-refractivity contribution in [1.82, 2.24) is 14.5 Å². The van der Waals surface area contributed by atoms with E-state index in [0.717, 1.165) is 0 Å². The minimum Gasteiger partial charge on any atom is -0.369 e. The van der Waals surface area contributed by atoms with Gasteiger partial charge in [0.1, 0.15) is 0 Å². The number of aromatic nitrogens is 2. The molecule has 2 amide bonds. The van der Waals surface area contributed by atoms with Gasteiger partial charge in [-0.05, 0) is 12.8 Å². The van der Waals surface area contributed by atoms with Gasteiger partial charge in [-0.1, -0.05) is 0 Å². The summed E-state index contributed by atoms with van der Waals surface area (Å²) in [6.45, 7) is 1.14. The highest BCUT2D eigenvalue weighted by molar-refractivity contribution is 5.91. The van der Waals surface area contributed by atoms with Crippen LogP contribution in [0.25, 0.3) is 0 Å². The van der Waals surface area contributed by atoms with E-state index in [9.17, 15) is 9.59 Å². The molecule has 17 heavy (non-hydrogen) atoms. The molecule has 0 atom stereocenters. The van der Waals surface area contributed by atoms with Crippen LogP contribution in [-0.4, -0.2) is 39.4 Å². The molecule has 0 aromatic carbocycles. The average molecular weight is 236 g/mol. The van der Waals surface area contributed by atoms with Crippen LogP contribution in [0.15, 0.2) is 12.4 Å². The van der Waals surface area contributed by atoms with Crippen molar-refractivity contribution in [3.63, 3.8) is 0 Å². The number of hydrogen-bond acceptors (Lipinski definition) is 3. The van der Waals surface area contributed by atoms with Gasteiger partial charge in [0.15, 0.2) is 5.82 Å². The molecule has 6 nitrogen and oxygen atoms in total. The largest absolute Gasteiger partial charge is 0.369 e. The van der Waals surface area contributed by atoms with E-state index >= 15 is 0 Å². The fourth-order valence-electron chi connectivity index (χ4n) is 2.08. The molecule has 1 saturated heterocycles. The van der Waals surface area contributed by atoms with Gasteiger partial charge in [0.05, 0.1) is 0 Å². The number of aryl methyl sites for hydroxylation is 1. The highest BCUT2D eigenvalue weighted by Gasteiger charge is 2.27. The monoisotopic (exact) mass is 236 g/mol. The van der Waals surface area contributed by atoms with Crippen molar-refractivity contribution in [3.8, 4) is 0 Å². The number of carbonyl (C=O) groups excluding carboxylic acids is 2. The number of nitrogens with zero attached hydrogens (tertiary/aromatic N) is 3. The Morgan fingerprint density at radius 1 is 1.41 bits per heavy atom. The first-order valence-electron chi connectivity index (χ1n) is 5.65. The zero-order valence-corrected chi connectivity index (χ0v) is 9.80. The summed E-state index contributed by atoms with van der Waals surface area (Å²) in [6.07, 6.45) is 4.63. The van der Waals surface area contributed by atoms with Gasteiger partial charge in [-0.25, -0.2) is 4.98 Å². The van der Waals surface area contributed by atoms with E-state index in [1.165, 1.54) is 0 Å². The molecule has 2 heterocycles. The van der Waals surface area contributed by atoms with Crippen molar-refractivity contribution < 1.29 is 9.59 Å². The van der Waals surface area contributed by atoms with Crippen LogP contribution in [0, 0.1) is 5.92 Å². The molecule has 0 bridgehead atoms. The van der Waals surface area contributed by atoms with E-state index in [0.29, 0.717) is 31.8 Å². The fraction of sp³-hybridized carbons (Fsp3) is 0.545. The second-order valence-corrected chi connectivity index (χ2v) is 4.33. The number of amides is 2. The summed E-state index contributed by atoms with van der Waals surface area (Å²) in [4.78, 5) is 28.8. The first-order valence-corrected chi connectivity index (χ1v) is 5.65. The van der Waals surface area contributed by atoms with Crippen LogP contribution in [0.1, 0.15) is 23.5 Å². The Hall–Kier alpha value is -1.85. The van der Waals surface area contributed by atoms with Crippen LogP contribution in [0.3, 0.4) is 0 Å². The van der Waals surface area contributed by atoms with E-state index in [4.69, 9.17) is 5.73 Å². The maximum absolute atomic E-state index is 12.1. The molecule has 1 fully saturated rings. The second kappa shape index (κ2) is 4.57. The number of hydrogen-bond donors (Lipinski definition) is 1. The van der Waals surface area contributed by atoms with Crippen LogP contribution in [0.4, 0.5) is 0 Å². The lowest BCUT2D eigenvalue weighted by molar-refractivity contribution is -0.123. The Balaban J connectivity index is 2.00. The first kappa shape index (κ1) is 11.6. The lowest BCUT2D eigenvalue weighted by atomic mass is 9.96. The number of primary amides is 1. The van der Waals surface area contributed by atoms with Gasteiger partial charge in [0, 0.05) is 38.4 Å². The van der Waals surface area contributed by atoms with Gasteiger partial charge < -0.3 is 15.2 Å². The molecule has 0 aliphatic carbocycles. The number of nitrogens with two attached hydrogens (primary N) is 1. The van der Waals surface area contributed by atoms with Crippen LogP contribution in [-0.2, 0) is 11.8 Å². The van der Waals surface area contributed by atoms with Crippen molar-refractivity contribution in [2.24, 2.45) is 18.7 Å². The van der Waals surface area contributed by atoms with E-state index in [1.54, 1.807) is 28.9 Å². The van der Waals surface area contributed by atoms with Gasteiger partial charge in [0.25, 0.3) is 5.91 Å². The molecule has 0 spiro atoms. The number of imidazole rings is 1. The molecule has 1 aliphatic rings. The summed E-state index contributed by atoms with van der Waals surface area (Å²) in [5, 5.41) is 0. The van der Waals surface area contributed by atoms with Crippen molar-refractivity contribution in [2.45, 2.75) is 12.8 Å². The van der Waals surface area contributed by atoms with Crippen LogP contribution < -0.4 is 5.73 Å². The number of carbonyl (C=O) groups is 2. The SMILES string of the molecule is Cn1ccnc1C(=O)N1CCC(C(N)=O)CC1. The normalized spacial score (nSPS) is 17.1. The van der Waals surface area contributed by atoms with Gasteiger partial charge in [-0.2, -0.15) is 0 Å².